The number of phenolic OH excluding ortho intramolecular Hbond substituents is 1. The highest BCUT2D eigenvalue weighted by molar-refractivity contribution is 5.54. The Hall–Kier alpha value is -2.57. The lowest BCUT2D eigenvalue weighted by Crippen LogP contribution is -2.02. The van der Waals surface area contributed by atoms with Crippen molar-refractivity contribution >= 4 is 11.5 Å². The van der Waals surface area contributed by atoms with E-state index in [-0.39, 0.29) is 17.3 Å². The second-order valence-corrected chi connectivity index (χ2v) is 3.81. The van der Waals surface area contributed by atoms with Crippen LogP contribution < -0.4 is 5.32 Å². The van der Waals surface area contributed by atoms with Crippen LogP contribution in [0.5, 0.6) is 5.75 Å². The van der Waals surface area contributed by atoms with E-state index in [1.165, 1.54) is 10.9 Å². The topological polar surface area (TPSA) is 93.2 Å². The van der Waals surface area contributed by atoms with Gasteiger partial charge in [0.15, 0.2) is 0 Å². The summed E-state index contributed by atoms with van der Waals surface area (Å²) >= 11 is 0. The van der Waals surface area contributed by atoms with Crippen LogP contribution in [0.3, 0.4) is 0 Å². The molecule has 0 aliphatic rings. The van der Waals surface area contributed by atoms with Gasteiger partial charge in [-0.1, -0.05) is 12.1 Å². The molecule has 0 fully saturated rings. The molecule has 2 aromatic rings. The summed E-state index contributed by atoms with van der Waals surface area (Å²) in [6.07, 6.45) is 1.35. The average molecular weight is 248 g/mol. The molecule has 18 heavy (non-hydrogen) atoms. The maximum absolute atomic E-state index is 10.8. The lowest BCUT2D eigenvalue weighted by Gasteiger charge is -2.03. The minimum absolute atomic E-state index is 0.0590. The number of hydrogen-bond acceptors (Lipinski definition) is 5. The van der Waals surface area contributed by atoms with Crippen LogP contribution in [0.1, 0.15) is 5.56 Å². The van der Waals surface area contributed by atoms with Gasteiger partial charge in [-0.15, -0.1) is 5.10 Å². The fourth-order valence-corrected chi connectivity index (χ4v) is 1.54. The van der Waals surface area contributed by atoms with E-state index in [0.29, 0.717) is 6.54 Å². The van der Waals surface area contributed by atoms with Crippen molar-refractivity contribution in [2.75, 3.05) is 5.32 Å². The molecule has 0 radical (unpaired) electrons. The number of nitrogens with one attached hydrogen (secondary N) is 1. The molecule has 0 atom stereocenters. The van der Waals surface area contributed by atoms with Gasteiger partial charge in [-0.3, -0.25) is 14.8 Å². The molecule has 0 aliphatic carbocycles. The van der Waals surface area contributed by atoms with Crippen LogP contribution in [0.25, 0.3) is 0 Å². The molecule has 2 N–H and O–H groups in total. The van der Waals surface area contributed by atoms with Crippen LogP contribution in [-0.2, 0) is 13.6 Å². The van der Waals surface area contributed by atoms with Gasteiger partial charge >= 0.3 is 5.69 Å². The summed E-state index contributed by atoms with van der Waals surface area (Å²) < 4.78 is 1.39. The quantitative estimate of drug-likeness (QED) is 0.633. The molecule has 0 saturated carbocycles. The zero-order chi connectivity index (χ0) is 13.1. The number of aryl methyl sites for hydroxylation is 1. The van der Waals surface area contributed by atoms with Crippen LogP contribution in [0, 0.1) is 10.1 Å². The van der Waals surface area contributed by atoms with Crippen LogP contribution >= 0.6 is 0 Å². The average Bonchev–Trinajstić information content (AvgIpc) is 2.70. The third-order valence-electron chi connectivity index (χ3n) is 2.40. The molecule has 1 aromatic heterocycles. The van der Waals surface area contributed by atoms with Crippen molar-refractivity contribution in [1.29, 1.82) is 0 Å². The molecule has 0 bridgehead atoms. The van der Waals surface area contributed by atoms with Crippen LogP contribution in [0.15, 0.2) is 30.5 Å². The van der Waals surface area contributed by atoms with Gasteiger partial charge in [0.05, 0.1) is 4.92 Å². The van der Waals surface area contributed by atoms with Crippen molar-refractivity contribution in [3.63, 3.8) is 0 Å². The zero-order valence-electron chi connectivity index (χ0n) is 9.70. The van der Waals surface area contributed by atoms with E-state index in [1.807, 2.05) is 0 Å². The maximum Gasteiger partial charge on any atom is 0.330 e. The molecule has 94 valence electrons. The van der Waals surface area contributed by atoms with Gasteiger partial charge in [0.25, 0.3) is 0 Å². The van der Waals surface area contributed by atoms with E-state index < -0.39 is 4.92 Å². The minimum Gasteiger partial charge on any atom is -0.508 e. The summed E-state index contributed by atoms with van der Waals surface area (Å²) in [6, 6.07) is 6.59. The first-order chi connectivity index (χ1) is 8.56. The van der Waals surface area contributed by atoms with E-state index >= 15 is 0 Å². The Bertz CT molecular complexity index is 562. The summed E-state index contributed by atoms with van der Waals surface area (Å²) in [5.41, 5.74) is 0.837. The summed E-state index contributed by atoms with van der Waals surface area (Å²) in [5.74, 6) is 0.415. The summed E-state index contributed by atoms with van der Waals surface area (Å²) in [6.45, 7) is 0.401. The number of phenols is 1. The zero-order valence-corrected chi connectivity index (χ0v) is 9.70. The Kier molecular flexibility index (Phi) is 3.13. The number of aromatic hydroxyl groups is 1. The maximum atomic E-state index is 10.8. The molecule has 0 unspecified atom stereocenters. The van der Waals surface area contributed by atoms with Crippen LogP contribution in [0.4, 0.5) is 11.5 Å². The third-order valence-corrected chi connectivity index (χ3v) is 2.40. The first-order valence-electron chi connectivity index (χ1n) is 5.26. The molecule has 7 heteroatoms. The molecule has 1 heterocycles. The molecule has 0 aliphatic heterocycles. The largest absolute Gasteiger partial charge is 0.508 e. The second kappa shape index (κ2) is 4.74. The SMILES string of the molecule is Cn1cc([N+](=O)[O-])c(NCc2ccc(O)cc2)n1. The number of anilines is 1. The number of nitro groups is 1. The number of hydrogen-bond donors (Lipinski definition) is 2. The molecule has 0 amide bonds. The highest BCUT2D eigenvalue weighted by Gasteiger charge is 2.17. The standard InChI is InChI=1S/C11H12N4O3/c1-14-7-10(15(17)18)11(13-14)12-6-8-2-4-9(16)5-3-8/h2-5,7,16H,6H2,1H3,(H,12,13). The van der Waals surface area contributed by atoms with E-state index in [9.17, 15) is 10.1 Å². The van der Waals surface area contributed by atoms with Gasteiger partial charge < -0.3 is 10.4 Å². The fraction of sp³-hybridized carbons (Fsp3) is 0.182. The number of nitrogens with zero attached hydrogens (tertiary/aromatic N) is 3. The predicted octanol–water partition coefficient (Wildman–Crippen LogP) is 1.65. The van der Waals surface area contributed by atoms with Crippen molar-refractivity contribution in [3.05, 3.63) is 46.1 Å². The Morgan fingerprint density at radius 1 is 1.44 bits per heavy atom. The highest BCUT2D eigenvalue weighted by atomic mass is 16.6. The monoisotopic (exact) mass is 248 g/mol. The van der Waals surface area contributed by atoms with Crippen molar-refractivity contribution in [3.8, 4) is 5.75 Å². The lowest BCUT2D eigenvalue weighted by atomic mass is 10.2. The van der Waals surface area contributed by atoms with E-state index in [4.69, 9.17) is 5.11 Å². The Morgan fingerprint density at radius 3 is 2.72 bits per heavy atom. The molecular weight excluding hydrogens is 236 g/mol. The van der Waals surface area contributed by atoms with E-state index in [1.54, 1.807) is 31.3 Å². The van der Waals surface area contributed by atoms with Crippen LogP contribution in [-0.4, -0.2) is 19.8 Å². The van der Waals surface area contributed by atoms with Crippen molar-refractivity contribution in [2.45, 2.75) is 6.54 Å². The molecule has 0 spiro atoms. The van der Waals surface area contributed by atoms with Crippen molar-refractivity contribution in [2.24, 2.45) is 7.05 Å². The Balaban J connectivity index is 2.10. The van der Waals surface area contributed by atoms with Crippen LogP contribution in [0.2, 0.25) is 0 Å². The molecular formula is C11H12N4O3. The summed E-state index contributed by atoms with van der Waals surface area (Å²) in [4.78, 5) is 10.3. The van der Waals surface area contributed by atoms with Gasteiger partial charge in [0.2, 0.25) is 5.82 Å². The van der Waals surface area contributed by atoms with Crippen molar-refractivity contribution < 1.29 is 10.0 Å². The first-order valence-corrected chi connectivity index (χ1v) is 5.26. The molecule has 0 saturated heterocycles. The Morgan fingerprint density at radius 2 is 2.11 bits per heavy atom. The number of benzene rings is 1. The summed E-state index contributed by atoms with van der Waals surface area (Å²) in [7, 11) is 1.62. The smallest absolute Gasteiger partial charge is 0.330 e. The first kappa shape index (κ1) is 11.9. The number of aromatic nitrogens is 2. The fourth-order valence-electron chi connectivity index (χ4n) is 1.54. The lowest BCUT2D eigenvalue weighted by molar-refractivity contribution is -0.384. The number of rotatable bonds is 4. The van der Waals surface area contributed by atoms with E-state index in [0.717, 1.165) is 5.56 Å². The van der Waals surface area contributed by atoms with Crippen molar-refractivity contribution in [1.82, 2.24) is 9.78 Å². The molecule has 1 aromatic carbocycles. The molecule has 7 nitrogen and oxygen atoms in total. The minimum atomic E-state index is -0.480. The van der Waals surface area contributed by atoms with E-state index in [2.05, 4.69) is 10.4 Å². The van der Waals surface area contributed by atoms with Gasteiger partial charge in [0, 0.05) is 13.6 Å². The van der Waals surface area contributed by atoms with Gasteiger partial charge in [-0.05, 0) is 17.7 Å². The second-order valence-electron chi connectivity index (χ2n) is 3.81. The van der Waals surface area contributed by atoms with Gasteiger partial charge in [0.1, 0.15) is 11.9 Å². The third kappa shape index (κ3) is 2.57. The normalized spacial score (nSPS) is 10.3. The van der Waals surface area contributed by atoms with Gasteiger partial charge in [-0.2, -0.15) is 0 Å². The summed E-state index contributed by atoms with van der Waals surface area (Å²) in [5, 5.41) is 26.8. The predicted molar refractivity (Wildman–Crippen MR) is 65.3 cm³/mol. The highest BCUT2D eigenvalue weighted by Crippen LogP contribution is 2.22. The van der Waals surface area contributed by atoms with Gasteiger partial charge in [-0.25, -0.2) is 0 Å². The Labute approximate surface area is 103 Å². The molecule has 2 rings (SSSR count).